The predicted octanol–water partition coefficient (Wildman–Crippen LogP) is 5.19. The van der Waals surface area contributed by atoms with E-state index in [0.29, 0.717) is 5.13 Å². The van der Waals surface area contributed by atoms with E-state index in [1.165, 1.54) is 11.3 Å². The van der Waals surface area contributed by atoms with Crippen molar-refractivity contribution >= 4 is 39.0 Å². The number of aromatic nitrogens is 2. The summed E-state index contributed by atoms with van der Waals surface area (Å²) in [5.74, 6) is 0. The number of fused-ring (bicyclic) bond motifs is 1. The van der Waals surface area contributed by atoms with Gasteiger partial charge in [0.05, 0.1) is 11.4 Å². The number of H-pyrrole nitrogens is 1. The van der Waals surface area contributed by atoms with Crippen molar-refractivity contribution in [2.75, 3.05) is 5.73 Å². The molecule has 3 nitrogen and oxygen atoms in total. The summed E-state index contributed by atoms with van der Waals surface area (Å²) in [4.78, 5) is 7.95. The fourth-order valence-electron chi connectivity index (χ4n) is 2.64. The molecule has 0 bridgehead atoms. The fourth-order valence-corrected chi connectivity index (χ4v) is 3.32. The van der Waals surface area contributed by atoms with Crippen LogP contribution in [0.4, 0.5) is 5.13 Å². The van der Waals surface area contributed by atoms with Crippen LogP contribution in [-0.2, 0) is 0 Å². The Bertz CT molecular complexity index is 954. The van der Waals surface area contributed by atoms with Crippen molar-refractivity contribution in [3.8, 4) is 22.5 Å². The third kappa shape index (κ3) is 2.17. The number of nitrogens with one attached hydrogen (secondary N) is 1. The zero-order valence-electron chi connectivity index (χ0n) is 11.5. The van der Waals surface area contributed by atoms with Gasteiger partial charge < -0.3 is 10.7 Å². The molecule has 2 heterocycles. The first-order valence-corrected chi connectivity index (χ1v) is 8.06. The van der Waals surface area contributed by atoms with Crippen molar-refractivity contribution < 1.29 is 0 Å². The van der Waals surface area contributed by atoms with Gasteiger partial charge in [-0.25, -0.2) is 4.98 Å². The van der Waals surface area contributed by atoms with E-state index in [-0.39, 0.29) is 0 Å². The first kappa shape index (κ1) is 13.4. The van der Waals surface area contributed by atoms with E-state index in [2.05, 4.69) is 22.1 Å². The summed E-state index contributed by atoms with van der Waals surface area (Å²) in [6.07, 6.45) is 0. The maximum Gasteiger partial charge on any atom is 0.180 e. The number of nitrogens with zero attached hydrogens (tertiary/aromatic N) is 1. The third-order valence-corrected chi connectivity index (χ3v) is 4.54. The molecule has 4 aromatic rings. The van der Waals surface area contributed by atoms with Crippen molar-refractivity contribution in [1.82, 2.24) is 9.97 Å². The maximum atomic E-state index is 6.00. The zero-order chi connectivity index (χ0) is 15.1. The molecular weight excluding hydrogens is 314 g/mol. The number of halogens is 1. The molecule has 0 atom stereocenters. The van der Waals surface area contributed by atoms with Crippen LogP contribution in [-0.4, -0.2) is 9.97 Å². The lowest BCUT2D eigenvalue weighted by Gasteiger charge is -2.03. The van der Waals surface area contributed by atoms with Gasteiger partial charge in [0.2, 0.25) is 0 Å². The standard InChI is InChI=1S/C17H12ClN3S/c18-11-7-5-10(6-8-11)16-15(14-9-22-17(19)21-14)12-3-1-2-4-13(12)20-16/h1-9,20H,(H2,19,21). The molecule has 0 saturated heterocycles. The first-order chi connectivity index (χ1) is 10.7. The molecule has 3 N–H and O–H groups in total. The SMILES string of the molecule is Nc1nc(-c2c(-c3ccc(Cl)cc3)[nH]c3ccccc23)cs1. The van der Waals surface area contributed by atoms with Gasteiger partial charge in [-0.1, -0.05) is 41.9 Å². The number of para-hydroxylation sites is 1. The molecule has 5 heteroatoms. The molecule has 2 aromatic carbocycles. The lowest BCUT2D eigenvalue weighted by Crippen LogP contribution is -1.85. The molecule has 0 aliphatic carbocycles. The normalized spacial score (nSPS) is 11.1. The third-order valence-electron chi connectivity index (χ3n) is 3.62. The van der Waals surface area contributed by atoms with E-state index >= 15 is 0 Å². The predicted molar refractivity (Wildman–Crippen MR) is 94.3 cm³/mol. The van der Waals surface area contributed by atoms with Crippen LogP contribution in [0.3, 0.4) is 0 Å². The average molecular weight is 326 g/mol. The Morgan fingerprint density at radius 3 is 2.55 bits per heavy atom. The molecule has 0 amide bonds. The number of rotatable bonds is 2. The van der Waals surface area contributed by atoms with Gasteiger partial charge in [-0.2, -0.15) is 0 Å². The second-order valence-corrected chi connectivity index (χ2v) is 6.32. The Kier molecular flexibility index (Phi) is 3.13. The molecule has 0 aliphatic rings. The molecule has 0 radical (unpaired) electrons. The van der Waals surface area contributed by atoms with Crippen LogP contribution >= 0.6 is 22.9 Å². The molecule has 0 aliphatic heterocycles. The number of benzene rings is 2. The molecule has 108 valence electrons. The van der Waals surface area contributed by atoms with Crippen LogP contribution in [0.5, 0.6) is 0 Å². The molecule has 22 heavy (non-hydrogen) atoms. The first-order valence-electron chi connectivity index (χ1n) is 6.80. The summed E-state index contributed by atoms with van der Waals surface area (Å²) >= 11 is 7.45. The fraction of sp³-hybridized carbons (Fsp3) is 0. The number of nitrogen functional groups attached to an aromatic ring is 1. The van der Waals surface area contributed by atoms with Gasteiger partial charge in [0.15, 0.2) is 5.13 Å². The zero-order valence-corrected chi connectivity index (χ0v) is 13.1. The van der Waals surface area contributed by atoms with E-state index in [1.54, 1.807) is 0 Å². The quantitative estimate of drug-likeness (QED) is 0.532. The van der Waals surface area contributed by atoms with Gasteiger partial charge in [0.25, 0.3) is 0 Å². The van der Waals surface area contributed by atoms with Crippen LogP contribution in [0.2, 0.25) is 5.02 Å². The highest BCUT2D eigenvalue weighted by molar-refractivity contribution is 7.13. The van der Waals surface area contributed by atoms with E-state index in [0.717, 1.165) is 38.4 Å². The minimum absolute atomic E-state index is 0.572. The van der Waals surface area contributed by atoms with Crippen LogP contribution in [0, 0.1) is 0 Å². The van der Waals surface area contributed by atoms with Crippen LogP contribution in [0.25, 0.3) is 33.4 Å². The second kappa shape index (κ2) is 5.16. The molecular formula is C17H12ClN3S. The number of anilines is 1. The maximum absolute atomic E-state index is 6.00. The highest BCUT2D eigenvalue weighted by Crippen LogP contribution is 2.39. The van der Waals surface area contributed by atoms with E-state index in [4.69, 9.17) is 17.3 Å². The minimum Gasteiger partial charge on any atom is -0.375 e. The van der Waals surface area contributed by atoms with Gasteiger partial charge in [0, 0.05) is 26.9 Å². The number of thiazole rings is 1. The topological polar surface area (TPSA) is 54.7 Å². The van der Waals surface area contributed by atoms with Crippen LogP contribution in [0.1, 0.15) is 0 Å². The van der Waals surface area contributed by atoms with Crippen molar-refractivity contribution in [2.24, 2.45) is 0 Å². The van der Waals surface area contributed by atoms with Crippen molar-refractivity contribution in [2.45, 2.75) is 0 Å². The Morgan fingerprint density at radius 2 is 1.82 bits per heavy atom. The van der Waals surface area contributed by atoms with Crippen molar-refractivity contribution in [1.29, 1.82) is 0 Å². The summed E-state index contributed by atoms with van der Waals surface area (Å²) < 4.78 is 0. The van der Waals surface area contributed by atoms with E-state index < -0.39 is 0 Å². The summed E-state index contributed by atoms with van der Waals surface area (Å²) in [6, 6.07) is 16.0. The Hall–Kier alpha value is -2.30. The van der Waals surface area contributed by atoms with E-state index in [9.17, 15) is 0 Å². The Morgan fingerprint density at radius 1 is 1.05 bits per heavy atom. The largest absolute Gasteiger partial charge is 0.375 e. The second-order valence-electron chi connectivity index (χ2n) is 5.00. The molecule has 2 aromatic heterocycles. The summed E-state index contributed by atoms with van der Waals surface area (Å²) in [6.45, 7) is 0. The molecule has 0 fully saturated rings. The molecule has 4 rings (SSSR count). The highest BCUT2D eigenvalue weighted by atomic mass is 35.5. The Labute approximate surface area is 136 Å². The van der Waals surface area contributed by atoms with Gasteiger partial charge in [0.1, 0.15) is 0 Å². The highest BCUT2D eigenvalue weighted by Gasteiger charge is 2.16. The van der Waals surface area contributed by atoms with Crippen LogP contribution < -0.4 is 5.73 Å². The lowest BCUT2D eigenvalue weighted by molar-refractivity contribution is 1.40. The molecule has 0 saturated carbocycles. The minimum atomic E-state index is 0.572. The van der Waals surface area contributed by atoms with Gasteiger partial charge in [-0.15, -0.1) is 11.3 Å². The van der Waals surface area contributed by atoms with Crippen molar-refractivity contribution in [3.63, 3.8) is 0 Å². The van der Waals surface area contributed by atoms with Crippen LogP contribution in [0.15, 0.2) is 53.9 Å². The number of hydrogen-bond donors (Lipinski definition) is 2. The average Bonchev–Trinajstić information content (AvgIpc) is 3.11. The van der Waals surface area contributed by atoms with Gasteiger partial charge in [-0.05, 0) is 23.8 Å². The summed E-state index contributed by atoms with van der Waals surface area (Å²) in [5.41, 5.74) is 11.0. The molecule has 0 unspecified atom stereocenters. The summed E-state index contributed by atoms with van der Waals surface area (Å²) in [7, 11) is 0. The Balaban J connectivity index is 2.03. The lowest BCUT2D eigenvalue weighted by atomic mass is 10.0. The van der Waals surface area contributed by atoms with Crippen molar-refractivity contribution in [3.05, 3.63) is 58.9 Å². The monoisotopic (exact) mass is 325 g/mol. The molecule has 0 spiro atoms. The van der Waals surface area contributed by atoms with Gasteiger partial charge in [-0.3, -0.25) is 0 Å². The van der Waals surface area contributed by atoms with Gasteiger partial charge >= 0.3 is 0 Å². The van der Waals surface area contributed by atoms with E-state index in [1.807, 2.05) is 41.8 Å². The number of nitrogens with two attached hydrogens (primary N) is 1. The summed E-state index contributed by atoms with van der Waals surface area (Å²) in [5, 5.41) is 4.42. The number of aromatic amines is 1. The smallest absolute Gasteiger partial charge is 0.180 e. The number of hydrogen-bond acceptors (Lipinski definition) is 3.